The molecule has 0 spiro atoms. The first-order chi connectivity index (χ1) is 17.9. The maximum absolute atomic E-state index is 5.46. The van der Waals surface area contributed by atoms with Crippen molar-refractivity contribution in [2.45, 2.75) is 39.5 Å². The van der Waals surface area contributed by atoms with Gasteiger partial charge < -0.3 is 47.4 Å². The van der Waals surface area contributed by atoms with Crippen molar-refractivity contribution in [2.75, 3.05) is 132 Å². The van der Waals surface area contributed by atoms with Crippen LogP contribution in [0.2, 0.25) is 0 Å². The monoisotopic (exact) mass is 526 g/mol. The largest absolute Gasteiger partial charge is 0.379 e. The summed E-state index contributed by atoms with van der Waals surface area (Å²) in [5.41, 5.74) is 0. The van der Waals surface area contributed by atoms with Gasteiger partial charge in [-0.15, -0.1) is 0 Å². The molecule has 0 fully saturated rings. The van der Waals surface area contributed by atoms with E-state index in [0.717, 1.165) is 38.9 Å². The fraction of sp³-hybridized carbons (Fsp3) is 1.00. The lowest BCUT2D eigenvalue weighted by Gasteiger charge is -2.09. The van der Waals surface area contributed by atoms with E-state index in [0.29, 0.717) is 119 Å². The smallest absolute Gasteiger partial charge is 0.0701 e. The minimum atomic E-state index is 0.534. The number of ether oxygens (including phenoxy) is 10. The Bertz CT molecular complexity index is 343. The molecule has 10 heteroatoms. The number of hydrogen-bond donors (Lipinski definition) is 0. The highest BCUT2D eigenvalue weighted by atomic mass is 16.6. The van der Waals surface area contributed by atoms with Crippen LogP contribution >= 0.6 is 0 Å². The van der Waals surface area contributed by atoms with Gasteiger partial charge in [-0.25, -0.2) is 0 Å². The molecule has 0 aliphatic rings. The van der Waals surface area contributed by atoms with E-state index >= 15 is 0 Å². The molecule has 0 N–H and O–H groups in total. The normalized spacial score (nSPS) is 11.5. The molecule has 0 rings (SSSR count). The average Bonchev–Trinajstić information content (AvgIpc) is 2.89. The molecule has 0 aliphatic heterocycles. The van der Waals surface area contributed by atoms with Crippen molar-refractivity contribution in [1.29, 1.82) is 0 Å². The van der Waals surface area contributed by atoms with Crippen molar-refractivity contribution in [3.63, 3.8) is 0 Å². The standard InChI is InChI=1S/C26H54O10/c1-3-5-7-27-9-11-29-13-15-31-17-19-33-21-23-35-25-26-36-24-22-34-20-18-32-16-14-30-12-10-28-8-6-4-2/h3-26H2,1-2H3. The lowest BCUT2D eigenvalue weighted by molar-refractivity contribution is -0.0264. The van der Waals surface area contributed by atoms with Crippen LogP contribution in [0.1, 0.15) is 39.5 Å². The van der Waals surface area contributed by atoms with Gasteiger partial charge in [0.15, 0.2) is 0 Å². The van der Waals surface area contributed by atoms with E-state index in [4.69, 9.17) is 47.4 Å². The molecule has 0 aromatic heterocycles. The van der Waals surface area contributed by atoms with E-state index in [1.54, 1.807) is 0 Å². The van der Waals surface area contributed by atoms with Crippen LogP contribution in [0.4, 0.5) is 0 Å². The van der Waals surface area contributed by atoms with Crippen molar-refractivity contribution >= 4 is 0 Å². The highest BCUT2D eigenvalue weighted by molar-refractivity contribution is 4.39. The predicted octanol–water partition coefficient (Wildman–Crippen LogP) is 2.75. The van der Waals surface area contributed by atoms with Crippen molar-refractivity contribution in [3.8, 4) is 0 Å². The molecule has 36 heavy (non-hydrogen) atoms. The molecule has 0 amide bonds. The average molecular weight is 527 g/mol. The Labute approximate surface area is 219 Å². The minimum absolute atomic E-state index is 0.534. The molecule has 0 saturated heterocycles. The van der Waals surface area contributed by atoms with Crippen LogP contribution in [0.25, 0.3) is 0 Å². The minimum Gasteiger partial charge on any atom is -0.379 e. The van der Waals surface area contributed by atoms with Gasteiger partial charge in [0.2, 0.25) is 0 Å². The first-order valence-corrected chi connectivity index (χ1v) is 13.7. The van der Waals surface area contributed by atoms with Crippen LogP contribution in [0.15, 0.2) is 0 Å². The molecule has 0 saturated carbocycles. The van der Waals surface area contributed by atoms with Crippen LogP contribution < -0.4 is 0 Å². The zero-order chi connectivity index (χ0) is 26.0. The van der Waals surface area contributed by atoms with E-state index in [1.165, 1.54) is 0 Å². The lowest BCUT2D eigenvalue weighted by Crippen LogP contribution is -2.15. The number of unbranched alkanes of at least 4 members (excludes halogenated alkanes) is 2. The first-order valence-electron chi connectivity index (χ1n) is 13.7. The van der Waals surface area contributed by atoms with E-state index < -0.39 is 0 Å². The summed E-state index contributed by atoms with van der Waals surface area (Å²) in [5.74, 6) is 0. The topological polar surface area (TPSA) is 92.3 Å². The fourth-order valence-electron chi connectivity index (χ4n) is 2.57. The first kappa shape index (κ1) is 35.6. The second kappa shape index (κ2) is 34.6. The van der Waals surface area contributed by atoms with Crippen molar-refractivity contribution < 1.29 is 47.4 Å². The Kier molecular flexibility index (Phi) is 34.2. The van der Waals surface area contributed by atoms with Crippen molar-refractivity contribution in [3.05, 3.63) is 0 Å². The summed E-state index contributed by atoms with van der Waals surface area (Å²) >= 11 is 0. The van der Waals surface area contributed by atoms with Gasteiger partial charge in [0, 0.05) is 13.2 Å². The highest BCUT2D eigenvalue weighted by Gasteiger charge is 1.96. The van der Waals surface area contributed by atoms with Crippen LogP contribution in [0, 0.1) is 0 Å². The third-order valence-electron chi connectivity index (χ3n) is 4.63. The Balaban J connectivity index is 3.00. The number of hydrogen-bond acceptors (Lipinski definition) is 10. The van der Waals surface area contributed by atoms with E-state index in [9.17, 15) is 0 Å². The van der Waals surface area contributed by atoms with Gasteiger partial charge in [-0.3, -0.25) is 0 Å². The van der Waals surface area contributed by atoms with Crippen LogP contribution in [-0.2, 0) is 47.4 Å². The molecule has 218 valence electrons. The SMILES string of the molecule is CCCCOCCOCCOCCOCCOCCOCCOCCOCCOCCOCCCC. The van der Waals surface area contributed by atoms with Gasteiger partial charge in [-0.05, 0) is 12.8 Å². The van der Waals surface area contributed by atoms with Crippen molar-refractivity contribution in [2.24, 2.45) is 0 Å². The third-order valence-corrected chi connectivity index (χ3v) is 4.63. The maximum Gasteiger partial charge on any atom is 0.0701 e. The van der Waals surface area contributed by atoms with Crippen LogP contribution in [0.3, 0.4) is 0 Å². The van der Waals surface area contributed by atoms with E-state index in [-0.39, 0.29) is 0 Å². The fourth-order valence-corrected chi connectivity index (χ4v) is 2.57. The molecule has 0 aromatic carbocycles. The highest BCUT2D eigenvalue weighted by Crippen LogP contribution is 1.90. The quantitative estimate of drug-likeness (QED) is 0.119. The second-order valence-electron chi connectivity index (χ2n) is 7.83. The molecule has 10 nitrogen and oxygen atoms in total. The summed E-state index contributed by atoms with van der Waals surface area (Å²) in [6, 6.07) is 0. The molecular weight excluding hydrogens is 472 g/mol. The Morgan fingerprint density at radius 2 is 0.361 bits per heavy atom. The van der Waals surface area contributed by atoms with E-state index in [1.807, 2.05) is 0 Å². The van der Waals surface area contributed by atoms with Gasteiger partial charge in [0.1, 0.15) is 0 Å². The second-order valence-corrected chi connectivity index (χ2v) is 7.83. The molecule has 0 bridgehead atoms. The van der Waals surface area contributed by atoms with Crippen molar-refractivity contribution in [1.82, 2.24) is 0 Å². The summed E-state index contributed by atoms with van der Waals surface area (Å²) in [6.45, 7) is 16.1. The molecule has 0 radical (unpaired) electrons. The summed E-state index contributed by atoms with van der Waals surface area (Å²) in [5, 5.41) is 0. The molecule has 0 aromatic rings. The summed E-state index contributed by atoms with van der Waals surface area (Å²) < 4.78 is 54.4. The van der Waals surface area contributed by atoms with Gasteiger partial charge >= 0.3 is 0 Å². The van der Waals surface area contributed by atoms with E-state index in [2.05, 4.69) is 13.8 Å². The molecule has 0 aliphatic carbocycles. The molecular formula is C26H54O10. The summed E-state index contributed by atoms with van der Waals surface area (Å²) in [6.07, 6.45) is 4.50. The van der Waals surface area contributed by atoms with Crippen LogP contribution in [0.5, 0.6) is 0 Å². The summed E-state index contributed by atoms with van der Waals surface area (Å²) in [4.78, 5) is 0. The van der Waals surface area contributed by atoms with Gasteiger partial charge in [-0.1, -0.05) is 26.7 Å². The number of rotatable bonds is 33. The Morgan fingerprint density at radius 1 is 0.222 bits per heavy atom. The maximum atomic E-state index is 5.46. The zero-order valence-electron chi connectivity index (χ0n) is 23.1. The van der Waals surface area contributed by atoms with Crippen LogP contribution in [-0.4, -0.2) is 132 Å². The Morgan fingerprint density at radius 3 is 0.500 bits per heavy atom. The molecule has 0 heterocycles. The third kappa shape index (κ3) is 33.6. The van der Waals surface area contributed by atoms with Gasteiger partial charge in [-0.2, -0.15) is 0 Å². The summed E-state index contributed by atoms with van der Waals surface area (Å²) in [7, 11) is 0. The van der Waals surface area contributed by atoms with Gasteiger partial charge in [0.25, 0.3) is 0 Å². The van der Waals surface area contributed by atoms with Gasteiger partial charge in [0.05, 0.1) is 119 Å². The molecule has 0 unspecified atom stereocenters. The lowest BCUT2D eigenvalue weighted by atomic mass is 10.4. The zero-order valence-corrected chi connectivity index (χ0v) is 23.1. The Hall–Kier alpha value is -0.400. The molecule has 0 atom stereocenters. The predicted molar refractivity (Wildman–Crippen MR) is 138 cm³/mol.